The Balaban J connectivity index is 2.08. The number of hydrogen-bond acceptors (Lipinski definition) is 7. The molecule has 1 heterocycles. The SMILES string of the molecule is O=C(O)c1ccccc1N1C(=O)c2cc([N+](=O)[O-])cc3cc([N+](=O)[O-])cc(c23)C1=O. The molecule has 0 atom stereocenters. The number of carbonyl (C=O) groups is 3. The number of aromatic carboxylic acids is 1. The quantitative estimate of drug-likeness (QED) is 0.392. The lowest BCUT2D eigenvalue weighted by molar-refractivity contribution is -0.385. The molecule has 0 saturated heterocycles. The van der Waals surface area contributed by atoms with E-state index in [1.165, 1.54) is 24.3 Å². The van der Waals surface area contributed by atoms with Crippen LogP contribution in [0.25, 0.3) is 10.8 Å². The van der Waals surface area contributed by atoms with Gasteiger partial charge in [-0.3, -0.25) is 29.8 Å². The van der Waals surface area contributed by atoms with Crippen molar-refractivity contribution in [1.29, 1.82) is 0 Å². The fourth-order valence-electron chi connectivity index (χ4n) is 3.43. The van der Waals surface area contributed by atoms with Crippen LogP contribution in [0.4, 0.5) is 17.1 Å². The number of amides is 2. The Hall–Kier alpha value is -4.67. The largest absolute Gasteiger partial charge is 0.478 e. The molecule has 4 rings (SSSR count). The van der Waals surface area contributed by atoms with Gasteiger partial charge in [0.25, 0.3) is 23.2 Å². The maximum absolute atomic E-state index is 13.1. The van der Waals surface area contributed by atoms with Crippen molar-refractivity contribution in [1.82, 2.24) is 0 Å². The highest BCUT2D eigenvalue weighted by atomic mass is 16.6. The van der Waals surface area contributed by atoms with Crippen LogP contribution < -0.4 is 4.90 Å². The summed E-state index contributed by atoms with van der Waals surface area (Å²) in [5, 5.41) is 32.0. The van der Waals surface area contributed by atoms with Gasteiger partial charge in [-0.2, -0.15) is 0 Å². The Morgan fingerprint density at radius 1 is 0.867 bits per heavy atom. The Kier molecular flexibility index (Phi) is 4.01. The molecule has 1 N–H and O–H groups in total. The molecule has 0 fully saturated rings. The van der Waals surface area contributed by atoms with Crippen molar-refractivity contribution in [3.63, 3.8) is 0 Å². The van der Waals surface area contributed by atoms with Gasteiger partial charge in [-0.15, -0.1) is 0 Å². The molecular formula is C19H9N3O8. The normalized spacial score (nSPS) is 12.9. The van der Waals surface area contributed by atoms with Crippen LogP contribution in [0.5, 0.6) is 0 Å². The van der Waals surface area contributed by atoms with Crippen molar-refractivity contribution >= 4 is 45.6 Å². The average molecular weight is 407 g/mol. The van der Waals surface area contributed by atoms with Gasteiger partial charge >= 0.3 is 5.97 Å². The number of hydrogen-bond donors (Lipinski definition) is 1. The van der Waals surface area contributed by atoms with Crippen LogP contribution in [0.2, 0.25) is 0 Å². The number of imide groups is 1. The van der Waals surface area contributed by atoms with Crippen LogP contribution >= 0.6 is 0 Å². The predicted octanol–water partition coefficient (Wildman–Crippen LogP) is 3.16. The number of nitro groups is 2. The van der Waals surface area contributed by atoms with E-state index in [9.17, 15) is 39.7 Å². The first kappa shape index (κ1) is 18.7. The van der Waals surface area contributed by atoms with E-state index in [0.717, 1.165) is 24.3 Å². The van der Waals surface area contributed by atoms with E-state index in [-0.39, 0.29) is 33.2 Å². The van der Waals surface area contributed by atoms with Crippen LogP contribution in [0.15, 0.2) is 48.5 Å². The Labute approximate surface area is 166 Å². The molecule has 0 unspecified atom stereocenters. The summed E-state index contributed by atoms with van der Waals surface area (Å²) in [6, 6.07) is 9.23. The summed E-state index contributed by atoms with van der Waals surface area (Å²) in [4.78, 5) is 59.5. The molecule has 0 aliphatic carbocycles. The number of anilines is 1. The maximum atomic E-state index is 13.1. The van der Waals surface area contributed by atoms with E-state index in [4.69, 9.17) is 0 Å². The predicted molar refractivity (Wildman–Crippen MR) is 102 cm³/mol. The molecule has 0 aromatic heterocycles. The molecule has 11 nitrogen and oxygen atoms in total. The number of carbonyl (C=O) groups excluding carboxylic acids is 2. The van der Waals surface area contributed by atoms with Crippen molar-refractivity contribution in [3.8, 4) is 0 Å². The summed E-state index contributed by atoms with van der Waals surface area (Å²) in [5.41, 5.74) is -2.07. The second-order valence-corrected chi connectivity index (χ2v) is 6.37. The first-order valence-corrected chi connectivity index (χ1v) is 8.32. The van der Waals surface area contributed by atoms with Crippen molar-refractivity contribution < 1.29 is 29.3 Å². The average Bonchev–Trinajstić information content (AvgIpc) is 2.71. The molecule has 30 heavy (non-hydrogen) atoms. The third-order valence-corrected chi connectivity index (χ3v) is 4.68. The summed E-state index contributed by atoms with van der Waals surface area (Å²) in [6.07, 6.45) is 0. The first-order chi connectivity index (χ1) is 14.2. The lowest BCUT2D eigenvalue weighted by Crippen LogP contribution is -2.41. The summed E-state index contributed by atoms with van der Waals surface area (Å²) >= 11 is 0. The third kappa shape index (κ3) is 2.64. The minimum atomic E-state index is -1.40. The van der Waals surface area contributed by atoms with Gasteiger partial charge < -0.3 is 5.11 Å². The van der Waals surface area contributed by atoms with Gasteiger partial charge in [0.1, 0.15) is 0 Å². The standard InChI is InChI=1S/C19H9N3O8/c23-17-13-7-10(21(27)28)5-9-6-11(22(29)30)8-14(16(9)13)18(24)20(17)15-4-2-1-3-12(15)19(25)26/h1-8H,(H,25,26). The van der Waals surface area contributed by atoms with Crippen LogP contribution in [0, 0.1) is 20.2 Å². The van der Waals surface area contributed by atoms with Gasteiger partial charge in [-0.05, 0) is 17.5 Å². The van der Waals surface area contributed by atoms with Crippen molar-refractivity contribution in [2.45, 2.75) is 0 Å². The van der Waals surface area contributed by atoms with Gasteiger partial charge in [0, 0.05) is 29.7 Å². The zero-order valence-electron chi connectivity index (χ0n) is 14.8. The minimum Gasteiger partial charge on any atom is -0.478 e. The highest BCUT2D eigenvalue weighted by Crippen LogP contribution is 2.38. The van der Waals surface area contributed by atoms with Crippen LogP contribution in [0.1, 0.15) is 31.1 Å². The Morgan fingerprint density at radius 2 is 1.37 bits per heavy atom. The minimum absolute atomic E-state index is 0.0173. The second kappa shape index (κ2) is 6.44. The second-order valence-electron chi connectivity index (χ2n) is 6.37. The lowest BCUT2D eigenvalue weighted by Gasteiger charge is -2.27. The number of carboxylic acid groups (broad SMARTS) is 1. The highest BCUT2D eigenvalue weighted by Gasteiger charge is 2.38. The van der Waals surface area contributed by atoms with Crippen molar-refractivity contribution in [3.05, 3.63) is 85.4 Å². The summed E-state index contributed by atoms with van der Waals surface area (Å²) in [5.74, 6) is -3.34. The number of carboxylic acids is 1. The topological polar surface area (TPSA) is 161 Å². The molecule has 11 heteroatoms. The maximum Gasteiger partial charge on any atom is 0.337 e. The Morgan fingerprint density at radius 3 is 1.83 bits per heavy atom. The summed E-state index contributed by atoms with van der Waals surface area (Å²) in [7, 11) is 0. The fraction of sp³-hybridized carbons (Fsp3) is 0. The van der Waals surface area contributed by atoms with Crippen LogP contribution in [0.3, 0.4) is 0 Å². The number of non-ortho nitro benzene ring substituents is 2. The lowest BCUT2D eigenvalue weighted by atomic mass is 9.92. The number of para-hydroxylation sites is 1. The van der Waals surface area contributed by atoms with Gasteiger partial charge in [-0.1, -0.05) is 12.1 Å². The molecule has 1 aliphatic heterocycles. The number of nitrogens with zero attached hydrogens (tertiary/aromatic N) is 3. The molecule has 2 amide bonds. The Bertz CT molecular complexity index is 1260. The summed E-state index contributed by atoms with van der Waals surface area (Å²) < 4.78 is 0. The van der Waals surface area contributed by atoms with E-state index in [1.54, 1.807) is 0 Å². The molecule has 148 valence electrons. The molecule has 0 saturated carbocycles. The molecule has 1 aliphatic rings. The molecule has 0 spiro atoms. The smallest absolute Gasteiger partial charge is 0.337 e. The van der Waals surface area contributed by atoms with Crippen LogP contribution in [-0.2, 0) is 0 Å². The molecule has 0 bridgehead atoms. The zero-order chi connectivity index (χ0) is 21.7. The number of rotatable bonds is 4. The molecule has 0 radical (unpaired) electrons. The molecular weight excluding hydrogens is 398 g/mol. The first-order valence-electron chi connectivity index (χ1n) is 8.32. The van der Waals surface area contributed by atoms with E-state index >= 15 is 0 Å². The van der Waals surface area contributed by atoms with Gasteiger partial charge in [0.15, 0.2) is 0 Å². The van der Waals surface area contributed by atoms with E-state index < -0.39 is 39.0 Å². The van der Waals surface area contributed by atoms with E-state index in [0.29, 0.717) is 4.90 Å². The monoisotopic (exact) mass is 407 g/mol. The van der Waals surface area contributed by atoms with Gasteiger partial charge in [0.2, 0.25) is 0 Å². The molecule has 3 aromatic carbocycles. The van der Waals surface area contributed by atoms with Crippen molar-refractivity contribution in [2.24, 2.45) is 0 Å². The van der Waals surface area contributed by atoms with Crippen LogP contribution in [-0.4, -0.2) is 32.7 Å². The summed E-state index contributed by atoms with van der Waals surface area (Å²) in [6.45, 7) is 0. The number of benzene rings is 3. The molecule has 3 aromatic rings. The van der Waals surface area contributed by atoms with Crippen molar-refractivity contribution in [2.75, 3.05) is 4.90 Å². The third-order valence-electron chi connectivity index (χ3n) is 4.68. The highest BCUT2D eigenvalue weighted by molar-refractivity contribution is 6.37. The zero-order valence-corrected chi connectivity index (χ0v) is 14.8. The van der Waals surface area contributed by atoms with E-state index in [1.807, 2.05) is 0 Å². The fourth-order valence-corrected chi connectivity index (χ4v) is 3.43. The van der Waals surface area contributed by atoms with E-state index in [2.05, 4.69) is 0 Å². The van der Waals surface area contributed by atoms with Gasteiger partial charge in [-0.25, -0.2) is 9.69 Å². The van der Waals surface area contributed by atoms with Gasteiger partial charge in [0.05, 0.1) is 32.2 Å². The number of nitro benzene ring substituents is 2.